The molecule has 3 aromatic rings. The molecule has 9 heteroatoms. The Balaban J connectivity index is 1.51. The monoisotopic (exact) mass is 395 g/mol. The van der Waals surface area contributed by atoms with Crippen molar-refractivity contribution in [2.45, 2.75) is 17.1 Å². The zero-order chi connectivity index (χ0) is 17.9. The lowest BCUT2D eigenvalue weighted by molar-refractivity contribution is -0.120. The predicted molar refractivity (Wildman–Crippen MR) is 101 cm³/mol. The summed E-state index contributed by atoms with van der Waals surface area (Å²) in [5, 5.41) is 5.37. The van der Waals surface area contributed by atoms with Gasteiger partial charge in [-0.15, -0.1) is 22.7 Å². The minimum absolute atomic E-state index is 0.0512. The number of thiophene rings is 1. The van der Waals surface area contributed by atoms with Gasteiger partial charge < -0.3 is 5.32 Å². The van der Waals surface area contributed by atoms with Crippen LogP contribution in [0.15, 0.2) is 46.0 Å². The highest BCUT2D eigenvalue weighted by Crippen LogP contribution is 2.26. The summed E-state index contributed by atoms with van der Waals surface area (Å²) >= 11 is 2.71. The van der Waals surface area contributed by atoms with E-state index in [1.165, 1.54) is 6.07 Å². The molecule has 1 unspecified atom stereocenters. The maximum atomic E-state index is 12.0. The standard InChI is InChI=1S/C16H17N3O3S3/c1-11(16-19-12-5-2-3-6-13(12)24-16)9-17-14(20)10-18-25(21,22)15-7-4-8-23-15/h2-8,11,18H,9-10H2,1H3,(H,17,20). The summed E-state index contributed by atoms with van der Waals surface area (Å²) in [5.74, 6) is -0.316. The van der Waals surface area contributed by atoms with Crippen molar-refractivity contribution >= 4 is 48.8 Å². The Morgan fingerprint density at radius 1 is 1.24 bits per heavy atom. The van der Waals surface area contributed by atoms with Gasteiger partial charge in [-0.25, -0.2) is 18.1 Å². The molecule has 0 radical (unpaired) electrons. The number of benzene rings is 1. The van der Waals surface area contributed by atoms with Crippen LogP contribution in [-0.2, 0) is 14.8 Å². The molecule has 1 aromatic carbocycles. The molecule has 0 saturated heterocycles. The van der Waals surface area contributed by atoms with Crippen LogP contribution >= 0.6 is 22.7 Å². The van der Waals surface area contributed by atoms with Gasteiger partial charge in [-0.3, -0.25) is 4.79 Å². The summed E-state index contributed by atoms with van der Waals surface area (Å²) in [6.07, 6.45) is 0. The molecule has 132 valence electrons. The second kappa shape index (κ2) is 7.61. The minimum Gasteiger partial charge on any atom is -0.354 e. The van der Waals surface area contributed by atoms with Gasteiger partial charge in [0.15, 0.2) is 0 Å². The van der Waals surface area contributed by atoms with Crippen molar-refractivity contribution in [3.05, 3.63) is 46.8 Å². The zero-order valence-electron chi connectivity index (χ0n) is 13.4. The molecule has 1 atom stereocenters. The second-order valence-corrected chi connectivity index (χ2v) is 9.49. The van der Waals surface area contributed by atoms with E-state index in [-0.39, 0.29) is 22.6 Å². The Morgan fingerprint density at radius 3 is 2.76 bits per heavy atom. The van der Waals surface area contributed by atoms with Gasteiger partial charge in [0.05, 0.1) is 21.8 Å². The first-order valence-corrected chi connectivity index (χ1v) is 10.8. The topological polar surface area (TPSA) is 88.2 Å². The van der Waals surface area contributed by atoms with Crippen molar-refractivity contribution in [1.82, 2.24) is 15.0 Å². The number of nitrogens with one attached hydrogen (secondary N) is 2. The van der Waals surface area contributed by atoms with Gasteiger partial charge in [0.2, 0.25) is 5.91 Å². The van der Waals surface area contributed by atoms with Crippen molar-refractivity contribution in [3.63, 3.8) is 0 Å². The summed E-state index contributed by atoms with van der Waals surface area (Å²) in [5.41, 5.74) is 0.949. The molecule has 0 spiro atoms. The third-order valence-corrected chi connectivity index (χ3v) is 7.59. The molecular weight excluding hydrogens is 378 g/mol. The lowest BCUT2D eigenvalue weighted by Crippen LogP contribution is -2.38. The van der Waals surface area contributed by atoms with Crippen LogP contribution in [0.2, 0.25) is 0 Å². The smallest absolute Gasteiger partial charge is 0.250 e. The number of thiazole rings is 1. The van der Waals surface area contributed by atoms with Gasteiger partial charge in [-0.1, -0.05) is 25.1 Å². The number of hydrogen-bond donors (Lipinski definition) is 2. The third-order valence-electron chi connectivity index (χ3n) is 3.52. The fourth-order valence-electron chi connectivity index (χ4n) is 2.17. The molecule has 25 heavy (non-hydrogen) atoms. The maximum Gasteiger partial charge on any atom is 0.250 e. The number of carbonyl (C=O) groups is 1. The number of rotatable bonds is 7. The molecule has 2 aromatic heterocycles. The summed E-state index contributed by atoms with van der Waals surface area (Å²) in [7, 11) is -3.62. The van der Waals surface area contributed by atoms with E-state index in [2.05, 4.69) is 15.0 Å². The normalized spacial score (nSPS) is 13.0. The van der Waals surface area contributed by atoms with Crippen molar-refractivity contribution in [2.75, 3.05) is 13.1 Å². The molecule has 0 fully saturated rings. The first kappa shape index (κ1) is 18.0. The SMILES string of the molecule is CC(CNC(=O)CNS(=O)(=O)c1cccs1)c1nc2ccccc2s1. The minimum atomic E-state index is -3.62. The molecule has 0 bridgehead atoms. The number of fused-ring (bicyclic) bond motifs is 1. The average Bonchev–Trinajstić information content (AvgIpc) is 3.27. The van der Waals surface area contributed by atoms with E-state index in [0.29, 0.717) is 6.54 Å². The highest BCUT2D eigenvalue weighted by atomic mass is 32.2. The van der Waals surface area contributed by atoms with Crippen molar-refractivity contribution < 1.29 is 13.2 Å². The molecule has 0 saturated carbocycles. The first-order chi connectivity index (χ1) is 12.0. The van der Waals surface area contributed by atoms with Gasteiger partial charge in [0, 0.05) is 12.5 Å². The number of amides is 1. The summed E-state index contributed by atoms with van der Waals surface area (Å²) < 4.78 is 27.5. The lowest BCUT2D eigenvalue weighted by Gasteiger charge is -2.10. The first-order valence-electron chi connectivity index (χ1n) is 7.61. The lowest BCUT2D eigenvalue weighted by atomic mass is 10.2. The number of hydrogen-bond acceptors (Lipinski definition) is 6. The van der Waals surface area contributed by atoms with Crippen LogP contribution in [-0.4, -0.2) is 32.4 Å². The number of sulfonamides is 1. The van der Waals surface area contributed by atoms with Gasteiger partial charge in [-0.05, 0) is 23.6 Å². The highest BCUT2D eigenvalue weighted by Gasteiger charge is 2.17. The Kier molecular flexibility index (Phi) is 5.48. The Hall–Kier alpha value is -1.81. The zero-order valence-corrected chi connectivity index (χ0v) is 15.9. The maximum absolute atomic E-state index is 12.0. The van der Waals surface area contributed by atoms with Crippen LogP contribution in [0.1, 0.15) is 17.8 Å². The molecule has 0 aliphatic rings. The predicted octanol–water partition coefficient (Wildman–Crippen LogP) is 2.56. The molecule has 2 heterocycles. The van der Waals surface area contributed by atoms with Gasteiger partial charge in [0.25, 0.3) is 10.0 Å². The van der Waals surface area contributed by atoms with Crippen molar-refractivity contribution in [1.29, 1.82) is 0 Å². The largest absolute Gasteiger partial charge is 0.354 e. The van der Waals surface area contributed by atoms with E-state index in [4.69, 9.17) is 0 Å². The molecule has 6 nitrogen and oxygen atoms in total. The third kappa shape index (κ3) is 4.43. The van der Waals surface area contributed by atoms with Crippen LogP contribution in [0.5, 0.6) is 0 Å². The van der Waals surface area contributed by atoms with Crippen LogP contribution in [0.25, 0.3) is 10.2 Å². The number of aromatic nitrogens is 1. The van der Waals surface area contributed by atoms with Gasteiger partial charge >= 0.3 is 0 Å². The van der Waals surface area contributed by atoms with Crippen LogP contribution in [0.3, 0.4) is 0 Å². The van der Waals surface area contributed by atoms with Gasteiger partial charge in [-0.2, -0.15) is 0 Å². The molecule has 3 rings (SSSR count). The molecule has 2 N–H and O–H groups in total. The van der Waals surface area contributed by atoms with E-state index in [1.807, 2.05) is 31.2 Å². The fraction of sp³-hybridized carbons (Fsp3) is 0.250. The number of para-hydroxylation sites is 1. The quantitative estimate of drug-likeness (QED) is 0.643. The van der Waals surface area contributed by atoms with Crippen LogP contribution < -0.4 is 10.0 Å². The van der Waals surface area contributed by atoms with Gasteiger partial charge in [0.1, 0.15) is 4.21 Å². The van der Waals surface area contributed by atoms with Crippen LogP contribution in [0.4, 0.5) is 0 Å². The number of nitrogens with zero attached hydrogens (tertiary/aromatic N) is 1. The Labute approximate surface area is 154 Å². The highest BCUT2D eigenvalue weighted by molar-refractivity contribution is 7.91. The molecule has 0 aliphatic heterocycles. The molecular formula is C16H17N3O3S3. The van der Waals surface area contributed by atoms with Crippen LogP contribution in [0, 0.1) is 0 Å². The van der Waals surface area contributed by atoms with Crippen molar-refractivity contribution in [2.24, 2.45) is 0 Å². The van der Waals surface area contributed by atoms with Crippen molar-refractivity contribution in [3.8, 4) is 0 Å². The van der Waals surface area contributed by atoms with E-state index in [0.717, 1.165) is 26.6 Å². The summed E-state index contributed by atoms with van der Waals surface area (Å²) in [6.45, 7) is 2.10. The molecule has 1 amide bonds. The Morgan fingerprint density at radius 2 is 2.04 bits per heavy atom. The summed E-state index contributed by atoms with van der Waals surface area (Å²) in [6, 6.07) is 11.0. The molecule has 0 aliphatic carbocycles. The van der Waals surface area contributed by atoms with E-state index in [1.54, 1.807) is 22.8 Å². The fourth-order valence-corrected chi connectivity index (χ4v) is 5.20. The number of carbonyl (C=O) groups excluding carboxylic acids is 1. The van der Waals surface area contributed by atoms with E-state index < -0.39 is 10.0 Å². The Bertz CT molecular complexity index is 932. The average molecular weight is 396 g/mol. The van der Waals surface area contributed by atoms with E-state index >= 15 is 0 Å². The summed E-state index contributed by atoms with van der Waals surface area (Å²) in [4.78, 5) is 16.5. The second-order valence-electron chi connectivity index (χ2n) is 5.48. The van der Waals surface area contributed by atoms with E-state index in [9.17, 15) is 13.2 Å².